The van der Waals surface area contributed by atoms with Crippen LogP contribution in [0.5, 0.6) is 0 Å². The van der Waals surface area contributed by atoms with Crippen molar-refractivity contribution in [3.8, 4) is 11.1 Å². The number of hydrogen-bond acceptors (Lipinski definition) is 4. The van der Waals surface area contributed by atoms with Crippen LogP contribution in [0.1, 0.15) is 0 Å². The molecule has 3 heterocycles. The first-order chi connectivity index (χ1) is 10.2. The van der Waals surface area contributed by atoms with Gasteiger partial charge in [-0.1, -0.05) is 23.7 Å². The minimum absolute atomic E-state index is 0.148. The van der Waals surface area contributed by atoms with Gasteiger partial charge in [0.1, 0.15) is 6.33 Å². The maximum absolute atomic E-state index is 12.7. The van der Waals surface area contributed by atoms with Crippen molar-refractivity contribution < 1.29 is 0 Å². The molecule has 0 amide bonds. The minimum atomic E-state index is -0.148. The Bertz CT molecular complexity index is 1040. The number of rotatable bonds is 1. The van der Waals surface area contributed by atoms with Gasteiger partial charge < -0.3 is 0 Å². The van der Waals surface area contributed by atoms with Crippen LogP contribution in [0.25, 0.3) is 27.0 Å². The molecule has 21 heavy (non-hydrogen) atoms. The Morgan fingerprint density at radius 1 is 1.19 bits per heavy atom. The molecule has 0 N–H and O–H groups in total. The molecule has 0 spiro atoms. The highest BCUT2D eigenvalue weighted by Gasteiger charge is 2.11. The number of hydrogen-bond donors (Lipinski definition) is 0. The van der Waals surface area contributed by atoms with Crippen LogP contribution in [0.4, 0.5) is 0 Å². The maximum atomic E-state index is 12.7. The summed E-state index contributed by atoms with van der Waals surface area (Å²) in [5.41, 5.74) is 2.59. The molecule has 0 bridgehead atoms. The van der Waals surface area contributed by atoms with Crippen molar-refractivity contribution in [1.29, 1.82) is 0 Å². The summed E-state index contributed by atoms with van der Waals surface area (Å²) in [6.45, 7) is 0. The largest absolute Gasteiger partial charge is 0.268 e. The molecule has 0 aliphatic rings. The molecule has 1 aromatic carbocycles. The molecule has 102 valence electrons. The quantitative estimate of drug-likeness (QED) is 0.539. The molecule has 0 fully saturated rings. The number of halogens is 1. The number of nitrogens with zero attached hydrogens (tertiary/aromatic N) is 3. The topological polar surface area (TPSA) is 47.3 Å². The standard InChI is InChI=1S/C15H8ClN3OS/c16-10-3-1-2-9(6-10)11-7-17-14-13-12(4-5-21-13)18-8-19(14)15(11)20/h1-8H. The first-order valence-corrected chi connectivity index (χ1v) is 7.49. The molecule has 4 rings (SSSR count). The normalized spacial score (nSPS) is 11.3. The molecule has 0 aliphatic heterocycles. The fourth-order valence-corrected chi connectivity index (χ4v) is 3.31. The lowest BCUT2D eigenvalue weighted by atomic mass is 10.1. The molecular formula is C15H8ClN3OS. The Morgan fingerprint density at radius 2 is 2.10 bits per heavy atom. The van der Waals surface area contributed by atoms with Gasteiger partial charge in [0.25, 0.3) is 5.56 Å². The summed E-state index contributed by atoms with van der Waals surface area (Å²) in [5, 5.41) is 2.53. The first kappa shape index (κ1) is 12.5. The van der Waals surface area contributed by atoms with Gasteiger partial charge in [-0.05, 0) is 29.1 Å². The highest BCUT2D eigenvalue weighted by Crippen LogP contribution is 2.23. The van der Waals surface area contributed by atoms with Crippen LogP contribution >= 0.6 is 22.9 Å². The van der Waals surface area contributed by atoms with E-state index in [1.54, 1.807) is 18.3 Å². The summed E-state index contributed by atoms with van der Waals surface area (Å²) < 4.78 is 2.39. The fourth-order valence-electron chi connectivity index (χ4n) is 2.29. The Kier molecular flexibility index (Phi) is 2.77. The van der Waals surface area contributed by atoms with Crippen molar-refractivity contribution in [1.82, 2.24) is 14.4 Å². The van der Waals surface area contributed by atoms with E-state index in [4.69, 9.17) is 11.6 Å². The summed E-state index contributed by atoms with van der Waals surface area (Å²) in [7, 11) is 0. The van der Waals surface area contributed by atoms with E-state index in [-0.39, 0.29) is 5.56 Å². The molecule has 4 aromatic rings. The van der Waals surface area contributed by atoms with E-state index < -0.39 is 0 Å². The van der Waals surface area contributed by atoms with Crippen molar-refractivity contribution in [2.45, 2.75) is 0 Å². The highest BCUT2D eigenvalue weighted by molar-refractivity contribution is 7.17. The predicted molar refractivity (Wildman–Crippen MR) is 85.1 cm³/mol. The van der Waals surface area contributed by atoms with Crippen LogP contribution in [-0.2, 0) is 0 Å². The van der Waals surface area contributed by atoms with E-state index in [0.717, 1.165) is 15.8 Å². The lowest BCUT2D eigenvalue weighted by Crippen LogP contribution is -2.17. The van der Waals surface area contributed by atoms with Crippen molar-refractivity contribution in [3.63, 3.8) is 0 Å². The lowest BCUT2D eigenvalue weighted by molar-refractivity contribution is 1.02. The van der Waals surface area contributed by atoms with Gasteiger partial charge in [-0.2, -0.15) is 0 Å². The highest BCUT2D eigenvalue weighted by atomic mass is 35.5. The summed E-state index contributed by atoms with van der Waals surface area (Å²) in [4.78, 5) is 21.4. The third kappa shape index (κ3) is 1.93. The monoisotopic (exact) mass is 313 g/mol. The van der Waals surface area contributed by atoms with Gasteiger partial charge in [0.15, 0.2) is 5.65 Å². The summed E-state index contributed by atoms with van der Waals surface area (Å²) in [6.07, 6.45) is 3.12. The zero-order valence-electron chi connectivity index (χ0n) is 10.7. The van der Waals surface area contributed by atoms with Crippen LogP contribution < -0.4 is 5.56 Å². The Balaban J connectivity index is 2.07. The van der Waals surface area contributed by atoms with Gasteiger partial charge in [-0.15, -0.1) is 11.3 Å². The fraction of sp³-hybridized carbons (Fsp3) is 0. The molecule has 0 aliphatic carbocycles. The number of fused-ring (bicyclic) bond motifs is 3. The SMILES string of the molecule is O=c1c(-c2cccc(Cl)c2)cnc2c3sccc3ncn12. The average molecular weight is 314 g/mol. The predicted octanol–water partition coefficient (Wildman–Crippen LogP) is 3.62. The summed E-state index contributed by atoms with van der Waals surface area (Å²) in [5.74, 6) is 0. The van der Waals surface area contributed by atoms with Crippen molar-refractivity contribution in [2.24, 2.45) is 0 Å². The van der Waals surface area contributed by atoms with Gasteiger partial charge in [-0.25, -0.2) is 14.4 Å². The van der Waals surface area contributed by atoms with E-state index in [1.807, 2.05) is 23.6 Å². The van der Waals surface area contributed by atoms with Gasteiger partial charge in [0, 0.05) is 11.2 Å². The third-order valence-electron chi connectivity index (χ3n) is 3.29. The Morgan fingerprint density at radius 3 is 2.95 bits per heavy atom. The molecule has 4 nitrogen and oxygen atoms in total. The van der Waals surface area contributed by atoms with Crippen LogP contribution in [0.15, 0.2) is 53.0 Å². The number of benzene rings is 1. The third-order valence-corrected chi connectivity index (χ3v) is 4.42. The number of aromatic nitrogens is 3. The second-order valence-corrected chi connectivity index (χ2v) is 5.91. The van der Waals surface area contributed by atoms with E-state index in [2.05, 4.69) is 9.97 Å². The summed E-state index contributed by atoms with van der Waals surface area (Å²) in [6, 6.07) is 9.09. The second-order valence-electron chi connectivity index (χ2n) is 4.56. The lowest BCUT2D eigenvalue weighted by Gasteiger charge is -2.05. The van der Waals surface area contributed by atoms with Crippen LogP contribution in [0.2, 0.25) is 5.02 Å². The molecule has 0 saturated heterocycles. The van der Waals surface area contributed by atoms with E-state index in [0.29, 0.717) is 16.2 Å². The molecule has 0 saturated carbocycles. The van der Waals surface area contributed by atoms with Crippen LogP contribution in [-0.4, -0.2) is 14.4 Å². The first-order valence-electron chi connectivity index (χ1n) is 6.23. The molecule has 0 atom stereocenters. The van der Waals surface area contributed by atoms with Gasteiger partial charge >= 0.3 is 0 Å². The van der Waals surface area contributed by atoms with Gasteiger partial charge in [0.2, 0.25) is 0 Å². The zero-order valence-corrected chi connectivity index (χ0v) is 12.2. The van der Waals surface area contributed by atoms with Crippen molar-refractivity contribution >= 4 is 38.8 Å². The zero-order chi connectivity index (χ0) is 14.4. The number of thiophene rings is 1. The van der Waals surface area contributed by atoms with E-state index in [1.165, 1.54) is 22.1 Å². The second kappa shape index (κ2) is 4.65. The molecular weight excluding hydrogens is 306 g/mol. The average Bonchev–Trinajstić information content (AvgIpc) is 2.96. The Hall–Kier alpha value is -2.24. The van der Waals surface area contributed by atoms with Crippen molar-refractivity contribution in [2.75, 3.05) is 0 Å². The van der Waals surface area contributed by atoms with E-state index in [9.17, 15) is 4.79 Å². The minimum Gasteiger partial charge on any atom is -0.268 e. The van der Waals surface area contributed by atoms with Gasteiger partial charge in [0.05, 0.1) is 15.8 Å². The summed E-state index contributed by atoms with van der Waals surface area (Å²) >= 11 is 7.51. The smallest absolute Gasteiger partial charge is 0.266 e. The Labute approximate surface area is 128 Å². The molecule has 3 aromatic heterocycles. The molecule has 0 radical (unpaired) electrons. The van der Waals surface area contributed by atoms with E-state index >= 15 is 0 Å². The van der Waals surface area contributed by atoms with Crippen molar-refractivity contribution in [3.05, 3.63) is 63.6 Å². The van der Waals surface area contributed by atoms with Crippen LogP contribution in [0, 0.1) is 0 Å². The molecule has 6 heteroatoms. The van der Waals surface area contributed by atoms with Crippen LogP contribution in [0.3, 0.4) is 0 Å². The maximum Gasteiger partial charge on any atom is 0.266 e. The van der Waals surface area contributed by atoms with Gasteiger partial charge in [-0.3, -0.25) is 4.79 Å². The molecule has 0 unspecified atom stereocenters.